The van der Waals surface area contributed by atoms with Gasteiger partial charge in [0.1, 0.15) is 11.5 Å². The van der Waals surface area contributed by atoms with Crippen molar-refractivity contribution < 1.29 is 14.3 Å². The molecule has 0 heterocycles. The molecule has 1 aliphatic carbocycles. The van der Waals surface area contributed by atoms with E-state index in [0.717, 1.165) is 36.3 Å². The third kappa shape index (κ3) is 4.87. The fraction of sp³-hybridized carbons (Fsp3) is 0.435. The molecule has 0 spiro atoms. The van der Waals surface area contributed by atoms with E-state index in [9.17, 15) is 4.79 Å². The van der Waals surface area contributed by atoms with Crippen LogP contribution in [0.2, 0.25) is 0 Å². The molecule has 0 amide bonds. The highest BCUT2D eigenvalue weighted by atomic mass is 16.5. The van der Waals surface area contributed by atoms with E-state index in [1.54, 1.807) is 20.3 Å². The minimum absolute atomic E-state index is 0.0134. The van der Waals surface area contributed by atoms with Gasteiger partial charge < -0.3 is 9.47 Å². The first-order chi connectivity index (χ1) is 12.3. The Labute approximate surface area is 157 Å². The van der Waals surface area contributed by atoms with E-state index in [4.69, 9.17) is 9.47 Å². The summed E-state index contributed by atoms with van der Waals surface area (Å²) in [5.41, 5.74) is 2.88. The Kier molecular flexibility index (Phi) is 6.47. The van der Waals surface area contributed by atoms with E-state index < -0.39 is 0 Å². The highest BCUT2D eigenvalue weighted by Crippen LogP contribution is 2.38. The summed E-state index contributed by atoms with van der Waals surface area (Å²) in [6, 6.07) is 5.75. The molecular weight excluding hydrogens is 324 g/mol. The summed E-state index contributed by atoms with van der Waals surface area (Å²) in [6.07, 6.45) is 8.63. The van der Waals surface area contributed by atoms with Crippen LogP contribution >= 0.6 is 0 Å². The molecule has 1 aliphatic rings. The molecule has 1 aromatic rings. The molecule has 140 valence electrons. The molecule has 2 rings (SSSR count). The van der Waals surface area contributed by atoms with Crippen molar-refractivity contribution in [1.29, 1.82) is 0 Å². The second-order valence-corrected chi connectivity index (χ2v) is 7.67. The quantitative estimate of drug-likeness (QED) is 0.521. The van der Waals surface area contributed by atoms with Crippen LogP contribution in [0, 0.1) is 5.41 Å². The third-order valence-corrected chi connectivity index (χ3v) is 5.04. The lowest BCUT2D eigenvalue weighted by Crippen LogP contribution is -2.12. The summed E-state index contributed by atoms with van der Waals surface area (Å²) in [7, 11) is 3.27. The van der Waals surface area contributed by atoms with Gasteiger partial charge in [-0.25, -0.2) is 0 Å². The first-order valence-corrected chi connectivity index (χ1v) is 9.07. The van der Waals surface area contributed by atoms with Crippen molar-refractivity contribution in [2.75, 3.05) is 14.2 Å². The zero-order chi connectivity index (χ0) is 19.3. The topological polar surface area (TPSA) is 35.5 Å². The number of benzene rings is 1. The van der Waals surface area contributed by atoms with Crippen LogP contribution in [0.5, 0.6) is 11.5 Å². The van der Waals surface area contributed by atoms with Crippen molar-refractivity contribution in [3.05, 3.63) is 59.7 Å². The lowest BCUT2D eigenvalue weighted by Gasteiger charge is -2.21. The molecule has 0 radical (unpaired) electrons. The van der Waals surface area contributed by atoms with Crippen molar-refractivity contribution in [2.24, 2.45) is 5.41 Å². The van der Waals surface area contributed by atoms with Crippen molar-refractivity contribution in [3.63, 3.8) is 0 Å². The van der Waals surface area contributed by atoms with E-state index >= 15 is 0 Å². The van der Waals surface area contributed by atoms with E-state index in [1.165, 1.54) is 5.57 Å². The highest BCUT2D eigenvalue weighted by Gasteiger charge is 2.24. The number of hydrogen-bond donors (Lipinski definition) is 0. The largest absolute Gasteiger partial charge is 0.497 e. The van der Waals surface area contributed by atoms with Gasteiger partial charge in [-0.15, -0.1) is 0 Å². The molecule has 0 fully saturated rings. The molecule has 1 aromatic carbocycles. The van der Waals surface area contributed by atoms with Gasteiger partial charge in [0, 0.05) is 17.5 Å². The van der Waals surface area contributed by atoms with Crippen LogP contribution in [-0.2, 0) is 4.79 Å². The molecule has 0 N–H and O–H groups in total. The van der Waals surface area contributed by atoms with Gasteiger partial charge in [-0.3, -0.25) is 4.79 Å². The van der Waals surface area contributed by atoms with Crippen molar-refractivity contribution in [3.8, 4) is 11.5 Å². The van der Waals surface area contributed by atoms with Gasteiger partial charge in [0.25, 0.3) is 0 Å². The van der Waals surface area contributed by atoms with Gasteiger partial charge in [-0.2, -0.15) is 0 Å². The van der Waals surface area contributed by atoms with Crippen molar-refractivity contribution in [2.45, 2.75) is 46.0 Å². The molecule has 0 bridgehead atoms. The molecule has 1 unspecified atom stereocenters. The SMILES string of the molecule is C=C1C(=O)/C=C/C(C)(C)C/C=C(\C)CCC1c1ccc(OC)cc1OC. The van der Waals surface area contributed by atoms with E-state index in [-0.39, 0.29) is 17.1 Å². The maximum atomic E-state index is 12.8. The van der Waals surface area contributed by atoms with Crippen LogP contribution in [0.15, 0.2) is 54.2 Å². The number of ether oxygens (including phenoxy) is 2. The Bertz CT molecular complexity index is 738. The zero-order valence-electron chi connectivity index (χ0n) is 16.6. The lowest BCUT2D eigenvalue weighted by atomic mass is 9.84. The number of carbonyl (C=O) groups excluding carboxylic acids is 1. The maximum Gasteiger partial charge on any atom is 0.181 e. The van der Waals surface area contributed by atoms with Crippen LogP contribution in [0.4, 0.5) is 0 Å². The van der Waals surface area contributed by atoms with Crippen molar-refractivity contribution >= 4 is 5.78 Å². The van der Waals surface area contributed by atoms with Crippen LogP contribution in [0.3, 0.4) is 0 Å². The summed E-state index contributed by atoms with van der Waals surface area (Å²) in [6.45, 7) is 10.6. The zero-order valence-corrected chi connectivity index (χ0v) is 16.6. The first kappa shape index (κ1) is 20.0. The predicted octanol–water partition coefficient (Wildman–Crippen LogP) is 5.63. The van der Waals surface area contributed by atoms with E-state index in [0.29, 0.717) is 5.57 Å². The number of rotatable bonds is 3. The molecule has 26 heavy (non-hydrogen) atoms. The number of carbonyl (C=O) groups is 1. The molecule has 0 aromatic heterocycles. The lowest BCUT2D eigenvalue weighted by molar-refractivity contribution is -0.111. The minimum atomic E-state index is -0.0856. The smallest absolute Gasteiger partial charge is 0.181 e. The minimum Gasteiger partial charge on any atom is -0.497 e. The second-order valence-electron chi connectivity index (χ2n) is 7.67. The fourth-order valence-electron chi connectivity index (χ4n) is 3.18. The number of methoxy groups -OCH3 is 2. The van der Waals surface area contributed by atoms with Gasteiger partial charge in [0.05, 0.1) is 14.2 Å². The Morgan fingerprint density at radius 3 is 2.58 bits per heavy atom. The summed E-state index contributed by atoms with van der Waals surface area (Å²) in [5.74, 6) is 1.36. The standard InChI is InChI=1S/C23H30O3/c1-16-7-9-19(20-10-8-18(25-5)15-22(20)26-6)17(2)21(24)12-14-23(3,4)13-11-16/h8,10-12,14-15,19H,2,7,9,13H2,1,3-6H3/b14-12+,16-11+. The van der Waals surface area contributed by atoms with Gasteiger partial charge >= 0.3 is 0 Å². The number of allylic oxidation sites excluding steroid dienone is 5. The Morgan fingerprint density at radius 1 is 1.19 bits per heavy atom. The second kappa shape index (κ2) is 8.39. The van der Waals surface area contributed by atoms with Crippen LogP contribution in [-0.4, -0.2) is 20.0 Å². The van der Waals surface area contributed by atoms with Gasteiger partial charge in [0.15, 0.2) is 5.78 Å². The summed E-state index contributed by atoms with van der Waals surface area (Å²) < 4.78 is 10.9. The average molecular weight is 354 g/mol. The third-order valence-electron chi connectivity index (χ3n) is 5.04. The van der Waals surface area contributed by atoms with Gasteiger partial charge in [-0.05, 0) is 49.3 Å². The average Bonchev–Trinajstić information content (AvgIpc) is 2.65. The summed E-state index contributed by atoms with van der Waals surface area (Å²) in [5, 5.41) is 0. The summed E-state index contributed by atoms with van der Waals surface area (Å²) in [4.78, 5) is 12.8. The van der Waals surface area contributed by atoms with E-state index in [2.05, 4.69) is 33.4 Å². The van der Waals surface area contributed by atoms with Gasteiger partial charge in [0.2, 0.25) is 0 Å². The first-order valence-electron chi connectivity index (χ1n) is 9.07. The van der Waals surface area contributed by atoms with Crippen LogP contribution in [0.25, 0.3) is 0 Å². The van der Waals surface area contributed by atoms with Crippen LogP contribution < -0.4 is 9.47 Å². The van der Waals surface area contributed by atoms with E-state index in [1.807, 2.05) is 24.3 Å². The van der Waals surface area contributed by atoms with Gasteiger partial charge in [-0.1, -0.05) is 44.2 Å². The summed E-state index contributed by atoms with van der Waals surface area (Å²) >= 11 is 0. The Hall–Kier alpha value is -2.29. The Morgan fingerprint density at radius 2 is 1.92 bits per heavy atom. The number of hydrogen-bond acceptors (Lipinski definition) is 3. The van der Waals surface area contributed by atoms with Crippen LogP contribution in [0.1, 0.15) is 51.5 Å². The number of ketones is 1. The molecule has 0 saturated carbocycles. The monoisotopic (exact) mass is 354 g/mol. The Balaban J connectivity index is 2.46. The predicted molar refractivity (Wildman–Crippen MR) is 107 cm³/mol. The fourth-order valence-corrected chi connectivity index (χ4v) is 3.18. The molecular formula is C23H30O3. The molecule has 0 aliphatic heterocycles. The molecule has 0 saturated heterocycles. The highest BCUT2D eigenvalue weighted by molar-refractivity contribution is 6.04. The molecule has 3 heteroatoms. The van der Waals surface area contributed by atoms with Crippen molar-refractivity contribution in [1.82, 2.24) is 0 Å². The maximum absolute atomic E-state index is 12.8. The normalized spacial score (nSPS) is 24.2. The molecule has 3 nitrogen and oxygen atoms in total. The molecule has 1 atom stereocenters.